The molecule has 0 saturated heterocycles. The highest BCUT2D eigenvalue weighted by atomic mass is 79.9. The van der Waals surface area contributed by atoms with Gasteiger partial charge in [0, 0.05) is 10.5 Å². The summed E-state index contributed by atoms with van der Waals surface area (Å²) in [4.78, 5) is 0.302. The van der Waals surface area contributed by atoms with E-state index in [2.05, 4.69) is 20.7 Å². The van der Waals surface area contributed by atoms with Gasteiger partial charge in [0.25, 0.3) is 0 Å². The smallest absolute Gasteiger partial charge is 0.207 e. The van der Waals surface area contributed by atoms with E-state index < -0.39 is 10.0 Å². The topological polar surface area (TPSA) is 46.2 Å². The van der Waals surface area contributed by atoms with Gasteiger partial charge in [0.2, 0.25) is 10.0 Å². The van der Waals surface area contributed by atoms with E-state index in [4.69, 9.17) is 0 Å². The van der Waals surface area contributed by atoms with Gasteiger partial charge >= 0.3 is 0 Å². The first-order valence-electron chi connectivity index (χ1n) is 6.64. The Morgan fingerprint density at radius 2 is 1.67 bits per heavy atom. The minimum atomic E-state index is -3.55. The molecular formula is C16H18BrNO2S. The SMILES string of the molecule is Cc1ccc(C(C)NS(=O)(=O)c2cc(Br)ccc2C)cc1. The van der Waals surface area contributed by atoms with Crippen LogP contribution in [0.4, 0.5) is 0 Å². The summed E-state index contributed by atoms with van der Waals surface area (Å²) in [5.74, 6) is 0. The zero-order chi connectivity index (χ0) is 15.6. The Balaban J connectivity index is 2.28. The number of nitrogens with one attached hydrogen (secondary N) is 1. The quantitative estimate of drug-likeness (QED) is 0.883. The molecule has 0 radical (unpaired) electrons. The van der Waals surface area contributed by atoms with Gasteiger partial charge in [-0.05, 0) is 44.0 Å². The summed E-state index contributed by atoms with van der Waals surface area (Å²) in [6.07, 6.45) is 0. The third kappa shape index (κ3) is 3.93. The number of halogens is 1. The average Bonchev–Trinajstić information content (AvgIpc) is 2.41. The van der Waals surface area contributed by atoms with Crippen LogP contribution >= 0.6 is 15.9 Å². The average molecular weight is 368 g/mol. The largest absolute Gasteiger partial charge is 0.241 e. The maximum atomic E-state index is 12.5. The van der Waals surface area contributed by atoms with Gasteiger partial charge in [-0.1, -0.05) is 51.8 Å². The summed E-state index contributed by atoms with van der Waals surface area (Å²) in [5, 5.41) is 0. The van der Waals surface area contributed by atoms with Gasteiger partial charge in [-0.2, -0.15) is 0 Å². The highest BCUT2D eigenvalue weighted by Gasteiger charge is 2.20. The maximum absolute atomic E-state index is 12.5. The molecule has 0 saturated carbocycles. The van der Waals surface area contributed by atoms with Crippen molar-refractivity contribution in [2.24, 2.45) is 0 Å². The summed E-state index contributed by atoms with van der Waals surface area (Å²) in [6, 6.07) is 12.8. The van der Waals surface area contributed by atoms with E-state index in [1.807, 2.05) is 44.2 Å². The fourth-order valence-electron chi connectivity index (χ4n) is 2.08. The molecule has 0 amide bonds. The molecule has 0 aliphatic heterocycles. The van der Waals surface area contributed by atoms with Crippen LogP contribution in [0.5, 0.6) is 0 Å². The van der Waals surface area contributed by atoms with Crippen LogP contribution in [0, 0.1) is 13.8 Å². The monoisotopic (exact) mass is 367 g/mol. The maximum Gasteiger partial charge on any atom is 0.241 e. The van der Waals surface area contributed by atoms with Crippen LogP contribution in [0.1, 0.15) is 29.7 Å². The van der Waals surface area contributed by atoms with Crippen LogP contribution in [0.2, 0.25) is 0 Å². The van der Waals surface area contributed by atoms with Crippen molar-refractivity contribution in [1.29, 1.82) is 0 Å². The Bertz CT molecular complexity index is 739. The molecule has 2 rings (SSSR count). The van der Waals surface area contributed by atoms with Crippen LogP contribution in [-0.4, -0.2) is 8.42 Å². The lowest BCUT2D eigenvalue weighted by atomic mass is 10.1. The molecule has 0 fully saturated rings. The third-order valence-electron chi connectivity index (χ3n) is 3.35. The predicted molar refractivity (Wildman–Crippen MR) is 88.8 cm³/mol. The van der Waals surface area contributed by atoms with Crippen LogP contribution in [0.25, 0.3) is 0 Å². The molecule has 5 heteroatoms. The van der Waals surface area contributed by atoms with Crippen molar-refractivity contribution >= 4 is 26.0 Å². The fraction of sp³-hybridized carbons (Fsp3) is 0.250. The van der Waals surface area contributed by atoms with Crippen molar-refractivity contribution in [3.63, 3.8) is 0 Å². The molecule has 1 N–H and O–H groups in total. The molecule has 21 heavy (non-hydrogen) atoms. The van der Waals surface area contributed by atoms with Crippen molar-refractivity contribution in [3.05, 3.63) is 63.6 Å². The molecule has 0 aromatic heterocycles. The molecule has 112 valence electrons. The highest BCUT2D eigenvalue weighted by molar-refractivity contribution is 9.10. The summed E-state index contributed by atoms with van der Waals surface area (Å²) < 4.78 is 28.5. The van der Waals surface area contributed by atoms with Crippen LogP contribution in [-0.2, 0) is 10.0 Å². The minimum Gasteiger partial charge on any atom is -0.207 e. The zero-order valence-corrected chi connectivity index (χ0v) is 14.6. The number of rotatable bonds is 4. The number of hydrogen-bond acceptors (Lipinski definition) is 2. The molecule has 0 heterocycles. The van der Waals surface area contributed by atoms with Crippen LogP contribution < -0.4 is 4.72 Å². The molecule has 0 bridgehead atoms. The van der Waals surface area contributed by atoms with E-state index in [1.54, 1.807) is 19.1 Å². The van der Waals surface area contributed by atoms with Gasteiger partial charge in [0.15, 0.2) is 0 Å². The number of aryl methyl sites for hydroxylation is 2. The normalized spacial score (nSPS) is 13.1. The Morgan fingerprint density at radius 1 is 1.05 bits per heavy atom. The summed E-state index contributed by atoms with van der Waals surface area (Å²) >= 11 is 3.32. The second-order valence-electron chi connectivity index (χ2n) is 5.16. The Morgan fingerprint density at radius 3 is 2.29 bits per heavy atom. The van der Waals surface area contributed by atoms with Gasteiger partial charge in [0.1, 0.15) is 0 Å². The van der Waals surface area contributed by atoms with Gasteiger partial charge in [-0.15, -0.1) is 0 Å². The van der Waals surface area contributed by atoms with E-state index in [0.29, 0.717) is 4.90 Å². The van der Waals surface area contributed by atoms with Crippen molar-refractivity contribution in [3.8, 4) is 0 Å². The molecule has 2 aromatic rings. The van der Waals surface area contributed by atoms with Gasteiger partial charge < -0.3 is 0 Å². The van der Waals surface area contributed by atoms with Gasteiger partial charge in [-0.3, -0.25) is 0 Å². The first-order chi connectivity index (χ1) is 9.79. The summed E-state index contributed by atoms with van der Waals surface area (Å²) in [6.45, 7) is 5.64. The number of sulfonamides is 1. The van der Waals surface area contributed by atoms with Crippen molar-refractivity contribution in [2.45, 2.75) is 31.7 Å². The molecule has 0 aliphatic rings. The number of benzene rings is 2. The van der Waals surface area contributed by atoms with Crippen molar-refractivity contribution in [2.75, 3.05) is 0 Å². The van der Waals surface area contributed by atoms with E-state index in [9.17, 15) is 8.42 Å². The zero-order valence-electron chi connectivity index (χ0n) is 12.2. The fourth-order valence-corrected chi connectivity index (χ4v) is 4.10. The summed E-state index contributed by atoms with van der Waals surface area (Å²) in [5.41, 5.74) is 2.82. The van der Waals surface area contributed by atoms with Crippen LogP contribution in [0.15, 0.2) is 51.8 Å². The van der Waals surface area contributed by atoms with E-state index in [1.165, 1.54) is 0 Å². The lowest BCUT2D eigenvalue weighted by molar-refractivity contribution is 0.566. The van der Waals surface area contributed by atoms with Crippen LogP contribution in [0.3, 0.4) is 0 Å². The molecular weight excluding hydrogens is 350 g/mol. The highest BCUT2D eigenvalue weighted by Crippen LogP contribution is 2.23. The Kier molecular flexibility index (Phi) is 4.86. The van der Waals surface area contributed by atoms with Crippen molar-refractivity contribution < 1.29 is 8.42 Å². The lowest BCUT2D eigenvalue weighted by Gasteiger charge is -2.16. The molecule has 2 aromatic carbocycles. The van der Waals surface area contributed by atoms with E-state index >= 15 is 0 Å². The number of hydrogen-bond donors (Lipinski definition) is 1. The second kappa shape index (κ2) is 6.30. The molecule has 1 unspecified atom stereocenters. The first-order valence-corrected chi connectivity index (χ1v) is 8.92. The van der Waals surface area contributed by atoms with E-state index in [0.717, 1.165) is 21.2 Å². The second-order valence-corrected chi connectivity index (χ2v) is 7.76. The Hall–Kier alpha value is -1.17. The molecule has 0 spiro atoms. The van der Waals surface area contributed by atoms with Crippen molar-refractivity contribution in [1.82, 2.24) is 4.72 Å². The standard InChI is InChI=1S/C16H18BrNO2S/c1-11-4-7-14(8-5-11)13(3)18-21(19,20)16-10-15(17)9-6-12(16)2/h4-10,13,18H,1-3H3. The van der Waals surface area contributed by atoms with E-state index in [-0.39, 0.29) is 6.04 Å². The first kappa shape index (κ1) is 16.2. The molecule has 0 aliphatic carbocycles. The van der Waals surface area contributed by atoms with Gasteiger partial charge in [0.05, 0.1) is 4.90 Å². The Labute approximate surface area is 134 Å². The summed E-state index contributed by atoms with van der Waals surface area (Å²) in [7, 11) is -3.55. The lowest BCUT2D eigenvalue weighted by Crippen LogP contribution is -2.27. The minimum absolute atomic E-state index is 0.283. The predicted octanol–water partition coefficient (Wildman–Crippen LogP) is 4.11. The van der Waals surface area contributed by atoms with Gasteiger partial charge in [-0.25, -0.2) is 13.1 Å². The third-order valence-corrected chi connectivity index (χ3v) is 5.52. The molecule has 1 atom stereocenters. The molecule has 3 nitrogen and oxygen atoms in total.